The molecule has 1 aromatic heterocycles. The number of benzene rings is 1. The molecule has 2 aromatic rings. The number of nitrogens with one attached hydrogen (secondary N) is 1. The summed E-state index contributed by atoms with van der Waals surface area (Å²) in [7, 11) is 2.03. The third-order valence-electron chi connectivity index (χ3n) is 2.92. The van der Waals surface area contributed by atoms with Crippen LogP contribution in [0.15, 0.2) is 39.0 Å². The van der Waals surface area contributed by atoms with Gasteiger partial charge in [0.15, 0.2) is 0 Å². The molecule has 0 fully saturated rings. The van der Waals surface area contributed by atoms with Crippen LogP contribution in [0.4, 0.5) is 5.69 Å². The minimum Gasteiger partial charge on any atom is -0.384 e. The Morgan fingerprint density at radius 1 is 1.50 bits per heavy atom. The van der Waals surface area contributed by atoms with Gasteiger partial charge in [-0.05, 0) is 40.4 Å². The summed E-state index contributed by atoms with van der Waals surface area (Å²) in [5.74, 6) is 0.115. The molecule has 0 spiro atoms. The van der Waals surface area contributed by atoms with E-state index in [9.17, 15) is 0 Å². The van der Waals surface area contributed by atoms with Gasteiger partial charge >= 0.3 is 0 Å². The van der Waals surface area contributed by atoms with E-state index in [-0.39, 0.29) is 5.84 Å². The summed E-state index contributed by atoms with van der Waals surface area (Å²) >= 11 is 6.80. The fraction of sp³-hybridized carbons (Fsp3) is 0.214. The molecule has 2 rings (SSSR count). The maximum absolute atomic E-state index is 7.83. The number of hydrogen-bond acceptors (Lipinski definition) is 4. The van der Waals surface area contributed by atoms with Crippen LogP contribution in [-0.4, -0.2) is 19.1 Å². The lowest BCUT2D eigenvalue weighted by Crippen LogP contribution is -2.22. The van der Waals surface area contributed by atoms with Gasteiger partial charge in [0.05, 0.1) is 12.1 Å². The third-order valence-corrected chi connectivity index (χ3v) is 5.38. The Hall–Kier alpha value is -0.980. The van der Waals surface area contributed by atoms with E-state index in [0.717, 1.165) is 27.2 Å². The molecule has 3 nitrogen and oxygen atoms in total. The van der Waals surface area contributed by atoms with Gasteiger partial charge in [0.25, 0.3) is 0 Å². The Balaban J connectivity index is 2.34. The summed E-state index contributed by atoms with van der Waals surface area (Å²) < 4.78 is 1.11. The van der Waals surface area contributed by atoms with Gasteiger partial charge in [-0.25, -0.2) is 0 Å². The fourth-order valence-corrected chi connectivity index (χ4v) is 4.17. The lowest BCUT2D eigenvalue weighted by molar-refractivity contribution is 0.934. The van der Waals surface area contributed by atoms with Gasteiger partial charge in [0, 0.05) is 32.4 Å². The maximum Gasteiger partial charge on any atom is 0.126 e. The Morgan fingerprint density at radius 2 is 2.25 bits per heavy atom. The molecule has 1 aromatic carbocycles. The van der Waals surface area contributed by atoms with Crippen molar-refractivity contribution in [3.05, 3.63) is 44.6 Å². The number of hydrogen-bond donors (Lipinski definition) is 2. The fourth-order valence-electron chi connectivity index (χ4n) is 2.03. The van der Waals surface area contributed by atoms with Gasteiger partial charge in [-0.15, -0.1) is 23.1 Å². The van der Waals surface area contributed by atoms with Gasteiger partial charge < -0.3 is 10.6 Å². The number of halogens is 1. The van der Waals surface area contributed by atoms with Crippen molar-refractivity contribution in [2.75, 3.05) is 18.2 Å². The van der Waals surface area contributed by atoms with Crippen molar-refractivity contribution in [2.24, 2.45) is 5.73 Å². The van der Waals surface area contributed by atoms with Crippen molar-refractivity contribution in [2.45, 2.75) is 11.4 Å². The number of nitrogens with two attached hydrogens (primary N) is 1. The molecule has 3 N–H and O–H groups in total. The first-order chi connectivity index (χ1) is 9.52. The molecule has 0 unspecified atom stereocenters. The molecule has 6 heteroatoms. The molecular formula is C14H16BrN3S2. The second kappa shape index (κ2) is 6.65. The van der Waals surface area contributed by atoms with E-state index in [1.807, 2.05) is 31.5 Å². The zero-order valence-electron chi connectivity index (χ0n) is 11.3. The molecule has 106 valence electrons. The van der Waals surface area contributed by atoms with Crippen LogP contribution in [0.2, 0.25) is 0 Å². The second-order valence-corrected chi connectivity index (χ2v) is 7.11. The van der Waals surface area contributed by atoms with E-state index < -0.39 is 0 Å². The van der Waals surface area contributed by atoms with E-state index in [2.05, 4.69) is 32.3 Å². The molecule has 20 heavy (non-hydrogen) atoms. The van der Waals surface area contributed by atoms with E-state index in [1.54, 1.807) is 23.1 Å². The lowest BCUT2D eigenvalue weighted by Gasteiger charge is -2.23. The van der Waals surface area contributed by atoms with E-state index >= 15 is 0 Å². The van der Waals surface area contributed by atoms with Crippen LogP contribution in [0.5, 0.6) is 0 Å². The van der Waals surface area contributed by atoms with Gasteiger partial charge in [0.2, 0.25) is 0 Å². The molecule has 0 amide bonds. The predicted octanol–water partition coefficient (Wildman–Crippen LogP) is 4.15. The van der Waals surface area contributed by atoms with Crippen molar-refractivity contribution < 1.29 is 0 Å². The summed E-state index contributed by atoms with van der Waals surface area (Å²) in [6.45, 7) is 0.800. The van der Waals surface area contributed by atoms with Crippen molar-refractivity contribution >= 4 is 50.6 Å². The summed E-state index contributed by atoms with van der Waals surface area (Å²) in [5.41, 5.74) is 7.58. The predicted molar refractivity (Wildman–Crippen MR) is 93.4 cm³/mol. The highest BCUT2D eigenvalue weighted by Crippen LogP contribution is 2.30. The standard InChI is InChI=1S/C14H16BrN3S2/c1-18(7-10-6-9(15)8-20-10)11-4-3-5-12(19-2)13(11)14(16)17/h3-6,8H,7H2,1-2H3,(H3,16,17). The number of thioether (sulfide) groups is 1. The van der Waals surface area contributed by atoms with Crippen LogP contribution in [0.3, 0.4) is 0 Å². The average molecular weight is 370 g/mol. The topological polar surface area (TPSA) is 53.1 Å². The number of rotatable bonds is 5. The zero-order chi connectivity index (χ0) is 14.7. The highest BCUT2D eigenvalue weighted by atomic mass is 79.9. The number of thiophene rings is 1. The van der Waals surface area contributed by atoms with Crippen molar-refractivity contribution in [1.82, 2.24) is 0 Å². The SMILES string of the molecule is CSc1cccc(N(C)Cc2cc(Br)cs2)c1C(=N)N. The molecule has 0 atom stereocenters. The van der Waals surface area contributed by atoms with Crippen molar-refractivity contribution in [3.8, 4) is 0 Å². The zero-order valence-corrected chi connectivity index (χ0v) is 14.5. The van der Waals surface area contributed by atoms with Crippen molar-refractivity contribution in [1.29, 1.82) is 5.41 Å². The number of nitrogens with zero attached hydrogens (tertiary/aromatic N) is 1. The Bertz CT molecular complexity index is 625. The first kappa shape index (κ1) is 15.4. The molecule has 0 saturated heterocycles. The normalized spacial score (nSPS) is 10.6. The smallest absolute Gasteiger partial charge is 0.126 e. The van der Waals surface area contributed by atoms with Crippen LogP contribution >= 0.6 is 39.0 Å². The molecular weight excluding hydrogens is 354 g/mol. The highest BCUT2D eigenvalue weighted by Gasteiger charge is 2.14. The van der Waals surface area contributed by atoms with Crippen LogP contribution in [0.1, 0.15) is 10.4 Å². The molecule has 0 radical (unpaired) electrons. The summed E-state index contributed by atoms with van der Waals surface area (Å²) in [6, 6.07) is 8.14. The molecule has 0 aliphatic heterocycles. The maximum atomic E-state index is 7.83. The van der Waals surface area contributed by atoms with Crippen LogP contribution < -0.4 is 10.6 Å². The molecule has 1 heterocycles. The first-order valence-electron chi connectivity index (χ1n) is 5.98. The van der Waals surface area contributed by atoms with E-state index in [1.165, 1.54) is 4.88 Å². The third kappa shape index (κ3) is 3.37. The summed E-state index contributed by atoms with van der Waals surface area (Å²) in [5, 5.41) is 9.91. The van der Waals surface area contributed by atoms with Gasteiger partial charge in [-0.2, -0.15) is 0 Å². The Morgan fingerprint density at radius 3 is 2.80 bits per heavy atom. The van der Waals surface area contributed by atoms with E-state index in [4.69, 9.17) is 11.1 Å². The number of anilines is 1. The molecule has 0 bridgehead atoms. The molecule has 0 aliphatic carbocycles. The number of nitrogen functional groups attached to an aromatic ring is 1. The van der Waals surface area contributed by atoms with Gasteiger partial charge in [-0.1, -0.05) is 6.07 Å². The van der Waals surface area contributed by atoms with Crippen LogP contribution in [-0.2, 0) is 6.54 Å². The summed E-state index contributed by atoms with van der Waals surface area (Å²) in [6.07, 6.45) is 2.00. The number of amidine groups is 1. The minimum absolute atomic E-state index is 0.115. The Labute approximate surface area is 135 Å². The van der Waals surface area contributed by atoms with E-state index in [0.29, 0.717) is 0 Å². The quantitative estimate of drug-likeness (QED) is 0.472. The first-order valence-corrected chi connectivity index (χ1v) is 8.88. The van der Waals surface area contributed by atoms with Crippen molar-refractivity contribution in [3.63, 3.8) is 0 Å². The minimum atomic E-state index is 0.115. The molecule has 0 aliphatic rings. The average Bonchev–Trinajstić information content (AvgIpc) is 2.82. The second-order valence-electron chi connectivity index (χ2n) is 4.36. The van der Waals surface area contributed by atoms with Gasteiger partial charge in [0.1, 0.15) is 5.84 Å². The van der Waals surface area contributed by atoms with Gasteiger partial charge in [-0.3, -0.25) is 5.41 Å². The monoisotopic (exact) mass is 369 g/mol. The van der Waals surface area contributed by atoms with Crippen LogP contribution in [0.25, 0.3) is 0 Å². The largest absolute Gasteiger partial charge is 0.384 e. The Kier molecular flexibility index (Phi) is 5.12. The summed E-state index contributed by atoms with van der Waals surface area (Å²) in [4.78, 5) is 4.44. The molecule has 0 saturated carbocycles. The van der Waals surface area contributed by atoms with Crippen LogP contribution in [0, 0.1) is 5.41 Å². The highest BCUT2D eigenvalue weighted by molar-refractivity contribution is 9.10. The lowest BCUT2D eigenvalue weighted by atomic mass is 10.1.